The zero-order valence-corrected chi connectivity index (χ0v) is 13.8. The van der Waals surface area contributed by atoms with Crippen LogP contribution in [0.2, 0.25) is 0 Å². The Labute approximate surface area is 131 Å². The normalized spacial score (nSPS) is 11.8. The van der Waals surface area contributed by atoms with Crippen LogP contribution in [-0.2, 0) is 22.6 Å². The third-order valence-electron chi connectivity index (χ3n) is 3.33. The second-order valence-corrected chi connectivity index (χ2v) is 6.47. The number of nitrogens with two attached hydrogens (primary N) is 1. The molecule has 0 bridgehead atoms. The number of benzene rings is 1. The lowest BCUT2D eigenvalue weighted by atomic mass is 10.2. The molecule has 2 aromatic rings. The van der Waals surface area contributed by atoms with Crippen molar-refractivity contribution in [2.75, 3.05) is 12.8 Å². The van der Waals surface area contributed by atoms with Crippen LogP contribution < -0.4 is 11.1 Å². The van der Waals surface area contributed by atoms with Crippen LogP contribution in [0.3, 0.4) is 0 Å². The first-order chi connectivity index (χ1) is 10.3. The van der Waals surface area contributed by atoms with Gasteiger partial charge in [-0.05, 0) is 52.1 Å². The molecule has 5 heteroatoms. The van der Waals surface area contributed by atoms with E-state index in [-0.39, 0.29) is 5.97 Å². The summed E-state index contributed by atoms with van der Waals surface area (Å²) in [6.07, 6.45) is 0.349. The number of nitrogens with one attached hydrogen (secondary N) is 1. The molecule has 2 rings (SSSR count). The second kappa shape index (κ2) is 6.40. The van der Waals surface area contributed by atoms with E-state index in [0.29, 0.717) is 13.0 Å². The number of carbonyl (C=O) groups is 1. The van der Waals surface area contributed by atoms with Gasteiger partial charge in [0.2, 0.25) is 0 Å². The van der Waals surface area contributed by atoms with Gasteiger partial charge in [-0.25, -0.2) is 0 Å². The fourth-order valence-electron chi connectivity index (χ4n) is 2.53. The number of nitrogen functional groups attached to an aromatic ring is 1. The Morgan fingerprint density at radius 1 is 1.32 bits per heavy atom. The van der Waals surface area contributed by atoms with Gasteiger partial charge in [0.05, 0.1) is 6.42 Å². The summed E-state index contributed by atoms with van der Waals surface area (Å²) in [4.78, 5) is 11.9. The third-order valence-corrected chi connectivity index (χ3v) is 3.33. The number of ether oxygens (including phenoxy) is 1. The molecule has 0 saturated carbocycles. The zero-order valence-electron chi connectivity index (χ0n) is 13.8. The van der Waals surface area contributed by atoms with Crippen molar-refractivity contribution in [2.45, 2.75) is 45.9 Å². The van der Waals surface area contributed by atoms with Crippen LogP contribution in [0.4, 0.5) is 5.69 Å². The average Bonchev–Trinajstić information content (AvgIpc) is 2.71. The first kappa shape index (κ1) is 16.4. The van der Waals surface area contributed by atoms with Crippen molar-refractivity contribution in [1.82, 2.24) is 9.88 Å². The molecule has 0 radical (unpaired) electrons. The quantitative estimate of drug-likeness (QED) is 0.658. The Hall–Kier alpha value is -2.01. The molecular formula is C17H25N3O2. The molecule has 22 heavy (non-hydrogen) atoms. The second-order valence-electron chi connectivity index (χ2n) is 6.47. The number of hydrogen-bond donors (Lipinski definition) is 2. The van der Waals surface area contributed by atoms with E-state index in [2.05, 4.69) is 16.0 Å². The van der Waals surface area contributed by atoms with Crippen molar-refractivity contribution in [3.8, 4) is 0 Å². The Morgan fingerprint density at radius 3 is 2.68 bits per heavy atom. The molecule has 5 nitrogen and oxygen atoms in total. The van der Waals surface area contributed by atoms with Crippen molar-refractivity contribution in [2.24, 2.45) is 0 Å². The molecule has 0 spiro atoms. The van der Waals surface area contributed by atoms with E-state index in [0.717, 1.165) is 28.8 Å². The lowest BCUT2D eigenvalue weighted by Crippen LogP contribution is -2.24. The largest absolute Gasteiger partial charge is 0.460 e. The summed E-state index contributed by atoms with van der Waals surface area (Å²) >= 11 is 0. The minimum atomic E-state index is -0.446. The summed E-state index contributed by atoms with van der Waals surface area (Å²) in [5.74, 6) is -0.180. The molecule has 0 aliphatic rings. The van der Waals surface area contributed by atoms with Crippen molar-refractivity contribution in [1.29, 1.82) is 0 Å². The summed E-state index contributed by atoms with van der Waals surface area (Å²) in [6, 6.07) is 7.95. The summed E-state index contributed by atoms with van der Waals surface area (Å²) in [7, 11) is 1.91. The van der Waals surface area contributed by atoms with Gasteiger partial charge in [0.15, 0.2) is 0 Å². The summed E-state index contributed by atoms with van der Waals surface area (Å²) < 4.78 is 7.53. The van der Waals surface area contributed by atoms with Gasteiger partial charge >= 0.3 is 5.97 Å². The average molecular weight is 303 g/mol. The number of nitrogens with zero attached hydrogens (tertiary/aromatic N) is 1. The number of aromatic nitrogens is 1. The molecular weight excluding hydrogens is 278 g/mol. The molecule has 0 atom stereocenters. The Bertz CT molecular complexity index is 668. The van der Waals surface area contributed by atoms with Gasteiger partial charge in [-0.3, -0.25) is 4.79 Å². The minimum Gasteiger partial charge on any atom is -0.460 e. The van der Waals surface area contributed by atoms with Crippen molar-refractivity contribution >= 4 is 22.6 Å². The molecule has 0 fully saturated rings. The van der Waals surface area contributed by atoms with E-state index < -0.39 is 5.60 Å². The van der Waals surface area contributed by atoms with Crippen LogP contribution in [0.25, 0.3) is 10.9 Å². The predicted molar refractivity (Wildman–Crippen MR) is 89.6 cm³/mol. The van der Waals surface area contributed by atoms with E-state index in [4.69, 9.17) is 10.5 Å². The fraction of sp³-hybridized carbons (Fsp3) is 0.471. The molecule has 1 aromatic carbocycles. The lowest BCUT2D eigenvalue weighted by molar-refractivity contribution is -0.155. The molecule has 0 unspecified atom stereocenters. The smallest absolute Gasteiger partial charge is 0.308 e. The van der Waals surface area contributed by atoms with E-state index in [9.17, 15) is 4.79 Å². The first-order valence-corrected chi connectivity index (χ1v) is 7.54. The molecule has 1 aromatic heterocycles. The van der Waals surface area contributed by atoms with Gasteiger partial charge in [0.1, 0.15) is 5.60 Å². The van der Waals surface area contributed by atoms with Gasteiger partial charge in [0, 0.05) is 35.4 Å². The molecule has 3 N–H and O–H groups in total. The first-order valence-electron chi connectivity index (χ1n) is 7.54. The van der Waals surface area contributed by atoms with Gasteiger partial charge in [-0.1, -0.05) is 0 Å². The fourth-order valence-corrected chi connectivity index (χ4v) is 2.53. The Morgan fingerprint density at radius 2 is 2.05 bits per heavy atom. The summed E-state index contributed by atoms with van der Waals surface area (Å²) in [5.41, 5.74) is 8.36. The van der Waals surface area contributed by atoms with Crippen LogP contribution in [0.5, 0.6) is 0 Å². The topological polar surface area (TPSA) is 69.3 Å². The number of aryl methyl sites for hydroxylation is 1. The van der Waals surface area contributed by atoms with Crippen molar-refractivity contribution < 1.29 is 9.53 Å². The third kappa shape index (κ3) is 4.01. The number of carbonyl (C=O) groups excluding carboxylic acids is 1. The molecule has 0 aliphatic heterocycles. The molecule has 0 aliphatic carbocycles. The number of rotatable bonds is 5. The van der Waals surface area contributed by atoms with Crippen molar-refractivity contribution in [3.63, 3.8) is 0 Å². The van der Waals surface area contributed by atoms with Crippen molar-refractivity contribution in [3.05, 3.63) is 30.0 Å². The molecule has 0 saturated heterocycles. The molecule has 0 amide bonds. The summed E-state index contributed by atoms with van der Waals surface area (Å²) in [6.45, 7) is 6.98. The van der Waals surface area contributed by atoms with E-state index in [1.807, 2.05) is 46.0 Å². The Kier molecular flexibility index (Phi) is 4.76. The van der Waals surface area contributed by atoms with Crippen LogP contribution in [0, 0.1) is 0 Å². The monoisotopic (exact) mass is 303 g/mol. The zero-order chi connectivity index (χ0) is 16.3. The van der Waals surface area contributed by atoms with Crippen LogP contribution in [-0.4, -0.2) is 23.2 Å². The maximum absolute atomic E-state index is 11.9. The minimum absolute atomic E-state index is 0.180. The highest BCUT2D eigenvalue weighted by Gasteiger charge is 2.17. The number of esters is 1. The van der Waals surface area contributed by atoms with Gasteiger partial charge in [0.25, 0.3) is 0 Å². The van der Waals surface area contributed by atoms with Gasteiger partial charge < -0.3 is 20.4 Å². The van der Waals surface area contributed by atoms with Crippen LogP contribution in [0.1, 0.15) is 32.9 Å². The lowest BCUT2D eigenvalue weighted by Gasteiger charge is -2.20. The number of fused-ring (bicyclic) bond motifs is 1. The standard InChI is InChI=1S/C17H25N3O2/c1-17(2,3)22-16(21)7-8-20-14(11-19-4)10-12-9-13(18)5-6-15(12)20/h5-6,9-10,19H,7-8,11,18H2,1-4H3. The highest BCUT2D eigenvalue weighted by molar-refractivity contribution is 5.84. The number of anilines is 1. The molecule has 120 valence electrons. The highest BCUT2D eigenvalue weighted by atomic mass is 16.6. The highest BCUT2D eigenvalue weighted by Crippen LogP contribution is 2.23. The van der Waals surface area contributed by atoms with Crippen LogP contribution in [0.15, 0.2) is 24.3 Å². The van der Waals surface area contributed by atoms with E-state index in [1.165, 1.54) is 0 Å². The SMILES string of the molecule is CNCc1cc2cc(N)ccc2n1CCC(=O)OC(C)(C)C. The number of hydrogen-bond acceptors (Lipinski definition) is 4. The Balaban J connectivity index is 2.21. The molecule has 1 heterocycles. The van der Waals surface area contributed by atoms with Crippen LogP contribution >= 0.6 is 0 Å². The van der Waals surface area contributed by atoms with E-state index in [1.54, 1.807) is 0 Å². The summed E-state index contributed by atoms with van der Waals surface area (Å²) in [5, 5.41) is 4.25. The van der Waals surface area contributed by atoms with Gasteiger partial charge in [-0.2, -0.15) is 0 Å². The predicted octanol–water partition coefficient (Wildman–Crippen LogP) is 2.67. The maximum atomic E-state index is 11.9. The maximum Gasteiger partial charge on any atom is 0.308 e. The van der Waals surface area contributed by atoms with Gasteiger partial charge in [-0.15, -0.1) is 0 Å². The van der Waals surface area contributed by atoms with E-state index >= 15 is 0 Å².